The van der Waals surface area contributed by atoms with Crippen LogP contribution in [0.3, 0.4) is 0 Å². The number of hydrogen-bond acceptors (Lipinski definition) is 4. The first-order chi connectivity index (χ1) is 10.4. The van der Waals surface area contributed by atoms with E-state index in [1.165, 1.54) is 0 Å². The van der Waals surface area contributed by atoms with Crippen molar-refractivity contribution in [2.45, 2.75) is 64.5 Å². The van der Waals surface area contributed by atoms with E-state index in [1.54, 1.807) is 11.3 Å². The van der Waals surface area contributed by atoms with E-state index in [2.05, 4.69) is 15.6 Å². The van der Waals surface area contributed by atoms with E-state index in [9.17, 15) is 9.59 Å². The Morgan fingerprint density at radius 3 is 2.45 bits per heavy atom. The molecule has 0 aliphatic heterocycles. The van der Waals surface area contributed by atoms with Crippen LogP contribution in [0.25, 0.3) is 0 Å². The number of amides is 3. The standard InChI is InChI=1S/C15H24N4O2S/c1-4-11(12-17-9(2)10(3)22-12)18-14(21)19-15(13(16)20)7-5-6-8-15/h11H,4-8H2,1-3H3,(H2,16,20)(H2,18,19,21). The quantitative estimate of drug-likeness (QED) is 0.775. The van der Waals surface area contributed by atoms with Crippen LogP contribution in [-0.4, -0.2) is 22.5 Å². The lowest BCUT2D eigenvalue weighted by atomic mass is 9.97. The molecule has 1 saturated carbocycles. The molecule has 1 aromatic heterocycles. The molecule has 0 spiro atoms. The predicted octanol–water partition coefficient (Wildman–Crippen LogP) is 2.31. The van der Waals surface area contributed by atoms with Gasteiger partial charge in [-0.05, 0) is 33.1 Å². The third-order valence-corrected chi connectivity index (χ3v) is 5.52. The number of thiazole rings is 1. The van der Waals surface area contributed by atoms with Gasteiger partial charge in [-0.25, -0.2) is 9.78 Å². The first kappa shape index (κ1) is 16.7. The van der Waals surface area contributed by atoms with E-state index in [4.69, 9.17) is 5.73 Å². The van der Waals surface area contributed by atoms with Gasteiger partial charge in [0.1, 0.15) is 10.5 Å². The van der Waals surface area contributed by atoms with Crippen LogP contribution in [0.2, 0.25) is 0 Å². The molecule has 1 unspecified atom stereocenters. The summed E-state index contributed by atoms with van der Waals surface area (Å²) in [7, 11) is 0. The molecule has 7 heteroatoms. The van der Waals surface area contributed by atoms with Gasteiger partial charge >= 0.3 is 6.03 Å². The SMILES string of the molecule is CCC(NC(=O)NC1(C(N)=O)CCCC1)c1nc(C)c(C)s1. The van der Waals surface area contributed by atoms with Crippen molar-refractivity contribution in [3.63, 3.8) is 0 Å². The number of hydrogen-bond donors (Lipinski definition) is 3. The fourth-order valence-electron chi connectivity index (χ4n) is 2.81. The highest BCUT2D eigenvalue weighted by Gasteiger charge is 2.41. The molecule has 0 bridgehead atoms. The number of carbonyl (C=O) groups excluding carboxylic acids is 2. The summed E-state index contributed by atoms with van der Waals surface area (Å²) in [4.78, 5) is 29.6. The van der Waals surface area contributed by atoms with Gasteiger partial charge in [-0.1, -0.05) is 19.8 Å². The molecule has 3 amide bonds. The zero-order valence-corrected chi connectivity index (χ0v) is 14.2. The summed E-state index contributed by atoms with van der Waals surface area (Å²) in [5, 5.41) is 6.62. The molecular formula is C15H24N4O2S. The minimum absolute atomic E-state index is 0.149. The molecule has 4 N–H and O–H groups in total. The van der Waals surface area contributed by atoms with Crippen molar-refractivity contribution < 1.29 is 9.59 Å². The van der Waals surface area contributed by atoms with Gasteiger partial charge in [0.2, 0.25) is 5.91 Å². The Hall–Kier alpha value is -1.63. The monoisotopic (exact) mass is 324 g/mol. The summed E-state index contributed by atoms with van der Waals surface area (Å²) < 4.78 is 0. The lowest BCUT2D eigenvalue weighted by Crippen LogP contribution is -2.58. The number of primary amides is 1. The second-order valence-electron chi connectivity index (χ2n) is 5.91. The number of carbonyl (C=O) groups is 2. The Labute approximate surface area is 134 Å². The van der Waals surface area contributed by atoms with Crippen molar-refractivity contribution in [3.8, 4) is 0 Å². The van der Waals surface area contributed by atoms with Crippen LogP contribution in [-0.2, 0) is 4.79 Å². The number of urea groups is 1. The number of aryl methyl sites for hydroxylation is 2. The minimum atomic E-state index is -0.892. The second-order valence-corrected chi connectivity index (χ2v) is 7.14. The Balaban J connectivity index is 2.04. The van der Waals surface area contributed by atoms with Gasteiger partial charge in [0.05, 0.1) is 11.7 Å². The van der Waals surface area contributed by atoms with E-state index >= 15 is 0 Å². The van der Waals surface area contributed by atoms with Crippen LogP contribution in [0.5, 0.6) is 0 Å². The molecule has 1 atom stereocenters. The smallest absolute Gasteiger partial charge is 0.316 e. The van der Waals surface area contributed by atoms with Crippen LogP contribution in [0.1, 0.15) is 60.6 Å². The number of nitrogens with one attached hydrogen (secondary N) is 2. The highest BCUT2D eigenvalue weighted by atomic mass is 32.1. The van der Waals surface area contributed by atoms with Crippen molar-refractivity contribution >= 4 is 23.3 Å². The molecule has 2 rings (SSSR count). The highest BCUT2D eigenvalue weighted by molar-refractivity contribution is 7.11. The van der Waals surface area contributed by atoms with E-state index in [-0.39, 0.29) is 12.1 Å². The Morgan fingerprint density at radius 2 is 2.00 bits per heavy atom. The summed E-state index contributed by atoms with van der Waals surface area (Å²) in [5.41, 5.74) is 5.59. The molecule has 1 aliphatic rings. The number of rotatable bonds is 5. The van der Waals surface area contributed by atoms with E-state index in [1.807, 2.05) is 20.8 Å². The largest absolute Gasteiger partial charge is 0.368 e. The summed E-state index contributed by atoms with van der Waals surface area (Å²) in [6.07, 6.45) is 3.78. The van der Waals surface area contributed by atoms with E-state index < -0.39 is 11.4 Å². The molecular weight excluding hydrogens is 300 g/mol. The normalized spacial score (nSPS) is 18.0. The molecule has 6 nitrogen and oxygen atoms in total. The molecule has 0 radical (unpaired) electrons. The van der Waals surface area contributed by atoms with Gasteiger partial charge in [-0.2, -0.15) is 0 Å². The fraction of sp³-hybridized carbons (Fsp3) is 0.667. The number of nitrogens with zero attached hydrogens (tertiary/aromatic N) is 1. The second kappa shape index (κ2) is 6.64. The molecule has 0 saturated heterocycles. The van der Waals surface area contributed by atoms with Crippen LogP contribution < -0.4 is 16.4 Å². The molecule has 1 fully saturated rings. The predicted molar refractivity (Wildman–Crippen MR) is 86.7 cm³/mol. The van der Waals surface area contributed by atoms with Crippen molar-refractivity contribution in [2.75, 3.05) is 0 Å². The van der Waals surface area contributed by atoms with Gasteiger partial charge in [0.25, 0.3) is 0 Å². The molecule has 22 heavy (non-hydrogen) atoms. The Morgan fingerprint density at radius 1 is 1.36 bits per heavy atom. The Kier molecular flexibility index (Phi) is 5.05. The van der Waals surface area contributed by atoms with E-state index in [0.717, 1.165) is 34.8 Å². The van der Waals surface area contributed by atoms with Gasteiger partial charge in [0, 0.05) is 4.88 Å². The topological polar surface area (TPSA) is 97.1 Å². The average Bonchev–Trinajstić information content (AvgIpc) is 3.05. The van der Waals surface area contributed by atoms with Crippen LogP contribution >= 0.6 is 11.3 Å². The average molecular weight is 324 g/mol. The van der Waals surface area contributed by atoms with Crippen LogP contribution in [0.4, 0.5) is 4.79 Å². The number of nitrogens with two attached hydrogens (primary N) is 1. The van der Waals surface area contributed by atoms with Gasteiger partial charge in [-0.3, -0.25) is 4.79 Å². The maximum absolute atomic E-state index is 12.3. The highest BCUT2D eigenvalue weighted by Crippen LogP contribution is 2.30. The zero-order valence-electron chi connectivity index (χ0n) is 13.4. The third kappa shape index (κ3) is 3.40. The van der Waals surface area contributed by atoms with E-state index in [0.29, 0.717) is 12.8 Å². The fourth-order valence-corrected chi connectivity index (χ4v) is 3.87. The van der Waals surface area contributed by atoms with Gasteiger partial charge < -0.3 is 16.4 Å². The van der Waals surface area contributed by atoms with Crippen molar-refractivity contribution in [1.82, 2.24) is 15.6 Å². The van der Waals surface area contributed by atoms with Crippen molar-refractivity contribution in [3.05, 3.63) is 15.6 Å². The summed E-state index contributed by atoms with van der Waals surface area (Å²) in [6, 6.07) is -0.498. The maximum Gasteiger partial charge on any atom is 0.316 e. The molecule has 1 heterocycles. The first-order valence-corrected chi connectivity index (χ1v) is 8.52. The summed E-state index contributed by atoms with van der Waals surface area (Å²) >= 11 is 1.59. The molecule has 122 valence electrons. The lowest BCUT2D eigenvalue weighted by molar-refractivity contribution is -0.123. The molecule has 1 aromatic rings. The zero-order chi connectivity index (χ0) is 16.3. The first-order valence-electron chi connectivity index (χ1n) is 7.70. The minimum Gasteiger partial charge on any atom is -0.368 e. The van der Waals surface area contributed by atoms with Crippen LogP contribution in [0, 0.1) is 13.8 Å². The van der Waals surface area contributed by atoms with Crippen molar-refractivity contribution in [1.29, 1.82) is 0 Å². The third-order valence-electron chi connectivity index (χ3n) is 4.34. The van der Waals surface area contributed by atoms with Gasteiger partial charge in [-0.15, -0.1) is 11.3 Å². The van der Waals surface area contributed by atoms with Crippen LogP contribution in [0.15, 0.2) is 0 Å². The Bertz CT molecular complexity index is 544. The summed E-state index contributed by atoms with van der Waals surface area (Å²) in [6.45, 7) is 5.98. The molecule has 1 aliphatic carbocycles. The molecule has 0 aromatic carbocycles. The van der Waals surface area contributed by atoms with Crippen molar-refractivity contribution in [2.24, 2.45) is 5.73 Å². The maximum atomic E-state index is 12.3. The lowest BCUT2D eigenvalue weighted by Gasteiger charge is -2.27. The number of aromatic nitrogens is 1. The summed E-state index contributed by atoms with van der Waals surface area (Å²) in [5.74, 6) is -0.450. The van der Waals surface area contributed by atoms with Gasteiger partial charge in [0.15, 0.2) is 0 Å².